The molecule has 3 heteroatoms. The lowest BCUT2D eigenvalue weighted by Crippen LogP contribution is -2.46. The first-order valence-corrected chi connectivity index (χ1v) is 8.11. The fourth-order valence-electron chi connectivity index (χ4n) is 2.77. The Bertz CT molecular complexity index is 652. The summed E-state index contributed by atoms with van der Waals surface area (Å²) in [6, 6.07) is 15.8. The summed E-state index contributed by atoms with van der Waals surface area (Å²) >= 11 is 0. The molecule has 0 aromatic heterocycles. The molecule has 3 N–H and O–H groups in total. The number of amides is 1. The van der Waals surface area contributed by atoms with Crippen molar-refractivity contribution in [1.82, 2.24) is 5.32 Å². The maximum absolute atomic E-state index is 12.3. The predicted octanol–water partition coefficient (Wildman–Crippen LogP) is 2.92. The van der Waals surface area contributed by atoms with Gasteiger partial charge in [-0.15, -0.1) is 0 Å². The standard InChI is InChI=1S/C20H26N2O/c1-14-9-10-18(15(2)11-14)12-16(3)22-20(23)19(21)13-17-7-5-4-6-8-17/h4-11,16,19H,12-13,21H2,1-3H3,(H,22,23)/t16-,19-/m0/s1. The molecule has 2 rings (SSSR count). The van der Waals surface area contributed by atoms with Crippen molar-refractivity contribution in [2.45, 2.75) is 45.7 Å². The molecule has 0 aliphatic carbocycles. The topological polar surface area (TPSA) is 55.1 Å². The van der Waals surface area contributed by atoms with E-state index >= 15 is 0 Å². The Kier molecular flexibility index (Phi) is 5.94. The molecule has 0 heterocycles. The van der Waals surface area contributed by atoms with E-state index in [-0.39, 0.29) is 11.9 Å². The van der Waals surface area contributed by atoms with E-state index < -0.39 is 6.04 Å². The first kappa shape index (κ1) is 17.2. The van der Waals surface area contributed by atoms with Gasteiger partial charge in [-0.25, -0.2) is 0 Å². The Balaban J connectivity index is 1.88. The van der Waals surface area contributed by atoms with Crippen LogP contribution >= 0.6 is 0 Å². The third-order valence-electron chi connectivity index (χ3n) is 4.05. The van der Waals surface area contributed by atoms with Gasteiger partial charge in [0.2, 0.25) is 5.91 Å². The normalized spacial score (nSPS) is 13.4. The lowest BCUT2D eigenvalue weighted by molar-refractivity contribution is -0.122. The second kappa shape index (κ2) is 7.93. The smallest absolute Gasteiger partial charge is 0.237 e. The fraction of sp³-hybridized carbons (Fsp3) is 0.350. The molecule has 0 saturated heterocycles. The Morgan fingerprint density at radius 2 is 1.78 bits per heavy atom. The molecular weight excluding hydrogens is 284 g/mol. The van der Waals surface area contributed by atoms with Crippen LogP contribution in [0.25, 0.3) is 0 Å². The third kappa shape index (κ3) is 5.22. The summed E-state index contributed by atoms with van der Waals surface area (Å²) in [6.45, 7) is 6.22. The lowest BCUT2D eigenvalue weighted by Gasteiger charge is -2.19. The monoisotopic (exact) mass is 310 g/mol. The molecule has 0 aliphatic heterocycles. The van der Waals surface area contributed by atoms with Crippen molar-refractivity contribution in [3.05, 3.63) is 70.8 Å². The van der Waals surface area contributed by atoms with Crippen LogP contribution in [0, 0.1) is 13.8 Å². The van der Waals surface area contributed by atoms with Crippen LogP contribution in [0.4, 0.5) is 0 Å². The minimum atomic E-state index is -0.515. The van der Waals surface area contributed by atoms with E-state index in [4.69, 9.17) is 5.73 Å². The van der Waals surface area contributed by atoms with Crippen molar-refractivity contribution < 1.29 is 4.79 Å². The van der Waals surface area contributed by atoms with Crippen molar-refractivity contribution in [2.24, 2.45) is 5.73 Å². The van der Waals surface area contributed by atoms with Crippen LogP contribution in [-0.2, 0) is 17.6 Å². The molecule has 0 unspecified atom stereocenters. The van der Waals surface area contributed by atoms with Gasteiger partial charge in [0.25, 0.3) is 0 Å². The minimum absolute atomic E-state index is 0.0609. The molecule has 0 aliphatic rings. The summed E-state index contributed by atoms with van der Waals surface area (Å²) < 4.78 is 0. The van der Waals surface area contributed by atoms with Crippen molar-refractivity contribution in [2.75, 3.05) is 0 Å². The summed E-state index contributed by atoms with van der Waals surface area (Å²) in [5, 5.41) is 3.03. The Hall–Kier alpha value is -2.13. The molecule has 1 amide bonds. The Morgan fingerprint density at radius 3 is 2.43 bits per heavy atom. The number of aryl methyl sites for hydroxylation is 2. The van der Waals surface area contributed by atoms with Gasteiger partial charge in [0.15, 0.2) is 0 Å². The number of carbonyl (C=O) groups excluding carboxylic acids is 1. The van der Waals surface area contributed by atoms with E-state index in [0.29, 0.717) is 6.42 Å². The van der Waals surface area contributed by atoms with Crippen molar-refractivity contribution in [1.29, 1.82) is 0 Å². The lowest BCUT2D eigenvalue weighted by atomic mass is 9.99. The van der Waals surface area contributed by atoms with Crippen LogP contribution in [0.15, 0.2) is 48.5 Å². The Morgan fingerprint density at radius 1 is 1.09 bits per heavy atom. The van der Waals surface area contributed by atoms with E-state index in [0.717, 1.165) is 12.0 Å². The highest BCUT2D eigenvalue weighted by atomic mass is 16.2. The zero-order valence-corrected chi connectivity index (χ0v) is 14.2. The number of carbonyl (C=O) groups is 1. The first-order valence-electron chi connectivity index (χ1n) is 8.11. The second-order valence-corrected chi connectivity index (χ2v) is 6.34. The molecule has 0 saturated carbocycles. The molecule has 0 radical (unpaired) electrons. The van der Waals surface area contributed by atoms with Crippen LogP contribution in [0.1, 0.15) is 29.2 Å². The molecule has 0 fully saturated rings. The molecule has 0 bridgehead atoms. The summed E-state index contributed by atoms with van der Waals surface area (Å²) in [7, 11) is 0. The molecule has 2 atom stereocenters. The average molecular weight is 310 g/mol. The fourth-order valence-corrected chi connectivity index (χ4v) is 2.77. The van der Waals surface area contributed by atoms with Crippen molar-refractivity contribution in [3.8, 4) is 0 Å². The van der Waals surface area contributed by atoms with Crippen LogP contribution in [-0.4, -0.2) is 18.0 Å². The van der Waals surface area contributed by atoms with Gasteiger partial charge in [0, 0.05) is 6.04 Å². The van der Waals surface area contributed by atoms with Gasteiger partial charge in [-0.2, -0.15) is 0 Å². The molecule has 122 valence electrons. The zero-order valence-electron chi connectivity index (χ0n) is 14.2. The van der Waals surface area contributed by atoms with Crippen LogP contribution in [0.5, 0.6) is 0 Å². The first-order chi connectivity index (χ1) is 11.0. The minimum Gasteiger partial charge on any atom is -0.352 e. The van der Waals surface area contributed by atoms with Crippen LogP contribution in [0.2, 0.25) is 0 Å². The number of hydrogen-bond acceptors (Lipinski definition) is 2. The number of nitrogens with one attached hydrogen (secondary N) is 1. The van der Waals surface area contributed by atoms with Crippen molar-refractivity contribution >= 4 is 5.91 Å². The van der Waals surface area contributed by atoms with Gasteiger partial charge in [0.1, 0.15) is 0 Å². The quantitative estimate of drug-likeness (QED) is 0.862. The summed E-state index contributed by atoms with van der Waals surface area (Å²) in [5.41, 5.74) is 10.9. The van der Waals surface area contributed by atoms with Gasteiger partial charge in [-0.05, 0) is 50.3 Å². The van der Waals surface area contributed by atoms with E-state index in [1.54, 1.807) is 0 Å². The highest BCUT2D eigenvalue weighted by Gasteiger charge is 2.16. The van der Waals surface area contributed by atoms with Gasteiger partial charge < -0.3 is 11.1 Å². The summed E-state index contributed by atoms with van der Waals surface area (Å²) in [5.74, 6) is -0.0916. The Labute approximate surface area is 138 Å². The maximum Gasteiger partial charge on any atom is 0.237 e. The molecule has 2 aromatic carbocycles. The number of nitrogens with two attached hydrogens (primary N) is 1. The largest absolute Gasteiger partial charge is 0.352 e. The van der Waals surface area contributed by atoms with E-state index in [2.05, 4.69) is 37.4 Å². The van der Waals surface area contributed by atoms with Crippen LogP contribution in [0.3, 0.4) is 0 Å². The highest BCUT2D eigenvalue weighted by Crippen LogP contribution is 2.12. The predicted molar refractivity (Wildman–Crippen MR) is 95.3 cm³/mol. The van der Waals surface area contributed by atoms with Gasteiger partial charge >= 0.3 is 0 Å². The summed E-state index contributed by atoms with van der Waals surface area (Å²) in [4.78, 5) is 12.3. The molecule has 3 nitrogen and oxygen atoms in total. The van der Waals surface area contributed by atoms with Crippen molar-refractivity contribution in [3.63, 3.8) is 0 Å². The second-order valence-electron chi connectivity index (χ2n) is 6.34. The molecular formula is C20H26N2O. The number of rotatable bonds is 6. The van der Waals surface area contributed by atoms with Gasteiger partial charge in [-0.3, -0.25) is 4.79 Å². The number of hydrogen-bond donors (Lipinski definition) is 2. The van der Waals surface area contributed by atoms with Crippen LogP contribution < -0.4 is 11.1 Å². The number of benzene rings is 2. The average Bonchev–Trinajstić information content (AvgIpc) is 2.51. The van der Waals surface area contributed by atoms with E-state index in [1.165, 1.54) is 16.7 Å². The van der Waals surface area contributed by atoms with Gasteiger partial charge in [0.05, 0.1) is 6.04 Å². The highest BCUT2D eigenvalue weighted by molar-refractivity contribution is 5.82. The van der Waals surface area contributed by atoms with Gasteiger partial charge in [-0.1, -0.05) is 54.1 Å². The summed E-state index contributed by atoms with van der Waals surface area (Å²) in [6.07, 6.45) is 1.37. The van der Waals surface area contributed by atoms with E-state index in [1.807, 2.05) is 37.3 Å². The molecule has 2 aromatic rings. The maximum atomic E-state index is 12.3. The van der Waals surface area contributed by atoms with E-state index in [9.17, 15) is 4.79 Å². The third-order valence-corrected chi connectivity index (χ3v) is 4.05. The SMILES string of the molecule is Cc1ccc(C[C@H](C)NC(=O)[C@@H](N)Cc2ccccc2)c(C)c1. The molecule has 23 heavy (non-hydrogen) atoms. The molecule has 0 spiro atoms. The zero-order chi connectivity index (χ0) is 16.8.